The summed E-state index contributed by atoms with van der Waals surface area (Å²) in [6.07, 6.45) is 3.71. The first-order chi connectivity index (χ1) is 11.6. The lowest BCUT2D eigenvalue weighted by atomic mass is 10.2. The molecule has 1 aliphatic rings. The van der Waals surface area contributed by atoms with Gasteiger partial charge in [-0.15, -0.1) is 0 Å². The zero-order chi connectivity index (χ0) is 17.1. The summed E-state index contributed by atoms with van der Waals surface area (Å²) in [6, 6.07) is 10.3. The summed E-state index contributed by atoms with van der Waals surface area (Å²) in [5, 5.41) is 21.2. The number of phenols is 1. The molecule has 3 rings (SSSR count). The molecule has 0 bridgehead atoms. The molecule has 2 aromatic carbocycles. The summed E-state index contributed by atoms with van der Waals surface area (Å²) in [7, 11) is 0. The van der Waals surface area contributed by atoms with Gasteiger partial charge in [0.25, 0.3) is 0 Å². The number of hydrogen-bond donors (Lipinski definition) is 1. The van der Waals surface area contributed by atoms with Crippen molar-refractivity contribution in [3.05, 3.63) is 57.1 Å². The average Bonchev–Trinajstić information content (AvgIpc) is 3.09. The van der Waals surface area contributed by atoms with Crippen molar-refractivity contribution in [3.63, 3.8) is 0 Å². The van der Waals surface area contributed by atoms with Crippen LogP contribution in [0.1, 0.15) is 18.4 Å². The predicted octanol–water partition coefficient (Wildman–Crippen LogP) is 4.30. The Kier molecular flexibility index (Phi) is 4.66. The largest absolute Gasteiger partial charge is 0.502 e. The third kappa shape index (κ3) is 3.33. The second kappa shape index (κ2) is 6.88. The molecule has 1 fully saturated rings. The van der Waals surface area contributed by atoms with E-state index in [4.69, 9.17) is 11.6 Å². The Balaban J connectivity index is 1.96. The molecule has 0 unspecified atom stereocenters. The lowest BCUT2D eigenvalue weighted by Gasteiger charge is -2.19. The highest BCUT2D eigenvalue weighted by atomic mass is 35.5. The third-order valence-electron chi connectivity index (χ3n) is 3.95. The fourth-order valence-corrected chi connectivity index (χ4v) is 3.00. The Morgan fingerprint density at radius 2 is 1.96 bits per heavy atom. The molecule has 1 N–H and O–H groups in total. The van der Waals surface area contributed by atoms with Crippen LogP contribution in [0.25, 0.3) is 0 Å². The van der Waals surface area contributed by atoms with Crippen LogP contribution in [0, 0.1) is 10.1 Å². The molecular weight excluding hydrogens is 330 g/mol. The van der Waals surface area contributed by atoms with E-state index in [0.29, 0.717) is 0 Å². The fraction of sp³-hybridized carbons (Fsp3) is 0.235. The Hall–Kier alpha value is -2.60. The number of nitro groups is 1. The van der Waals surface area contributed by atoms with Gasteiger partial charge >= 0.3 is 5.69 Å². The van der Waals surface area contributed by atoms with Gasteiger partial charge in [-0.3, -0.25) is 15.1 Å². The van der Waals surface area contributed by atoms with Crippen molar-refractivity contribution in [2.45, 2.75) is 12.8 Å². The second-order valence-corrected chi connectivity index (χ2v) is 6.00. The molecule has 2 aromatic rings. The highest BCUT2D eigenvalue weighted by Crippen LogP contribution is 2.34. The van der Waals surface area contributed by atoms with E-state index in [9.17, 15) is 15.2 Å². The van der Waals surface area contributed by atoms with Crippen molar-refractivity contribution in [2.75, 3.05) is 18.0 Å². The quantitative estimate of drug-likeness (QED) is 0.509. The molecule has 0 aromatic heterocycles. The number of hydrogen-bond acceptors (Lipinski definition) is 5. The molecule has 0 amide bonds. The SMILES string of the molecule is O=[N+]([O-])c1cc(Cl)cc(C=Nc2ccccc2N2CCCC2)c1O. The number of para-hydroxylation sites is 2. The van der Waals surface area contributed by atoms with Gasteiger partial charge in [0, 0.05) is 36.0 Å². The van der Waals surface area contributed by atoms with Crippen LogP contribution in [0.3, 0.4) is 0 Å². The van der Waals surface area contributed by atoms with Gasteiger partial charge in [-0.1, -0.05) is 23.7 Å². The molecule has 7 heteroatoms. The summed E-state index contributed by atoms with van der Waals surface area (Å²) in [6.45, 7) is 1.97. The number of benzene rings is 2. The van der Waals surface area contributed by atoms with E-state index in [1.165, 1.54) is 12.3 Å². The minimum atomic E-state index is -0.670. The molecular formula is C17H16ClN3O3. The first kappa shape index (κ1) is 16.3. The van der Waals surface area contributed by atoms with Crippen LogP contribution in [-0.2, 0) is 0 Å². The molecule has 6 nitrogen and oxygen atoms in total. The van der Waals surface area contributed by atoms with Crippen LogP contribution in [0.5, 0.6) is 5.75 Å². The maximum atomic E-state index is 11.0. The summed E-state index contributed by atoms with van der Waals surface area (Å²) < 4.78 is 0. The lowest BCUT2D eigenvalue weighted by molar-refractivity contribution is -0.385. The van der Waals surface area contributed by atoms with Gasteiger partial charge in [0.05, 0.1) is 16.3 Å². The van der Waals surface area contributed by atoms with Gasteiger partial charge in [-0.2, -0.15) is 0 Å². The molecule has 0 aliphatic carbocycles. The standard InChI is InChI=1S/C17H16ClN3O3/c18-13-9-12(17(22)16(10-13)21(23)24)11-19-14-5-1-2-6-15(14)20-7-3-4-8-20/h1-2,5-6,9-11,22H,3-4,7-8H2. The maximum Gasteiger partial charge on any atom is 0.312 e. The van der Waals surface area contributed by atoms with Gasteiger partial charge in [0.1, 0.15) is 0 Å². The van der Waals surface area contributed by atoms with E-state index >= 15 is 0 Å². The number of halogens is 1. The molecule has 0 spiro atoms. The summed E-state index contributed by atoms with van der Waals surface area (Å²) in [5.41, 5.74) is 1.55. The van der Waals surface area contributed by atoms with Gasteiger partial charge in [-0.25, -0.2) is 0 Å². The number of nitrogens with zero attached hydrogens (tertiary/aromatic N) is 3. The summed E-state index contributed by atoms with van der Waals surface area (Å²) in [4.78, 5) is 17.0. The minimum Gasteiger partial charge on any atom is -0.502 e. The van der Waals surface area contributed by atoms with Crippen LogP contribution < -0.4 is 4.90 Å². The van der Waals surface area contributed by atoms with Crippen LogP contribution in [0.15, 0.2) is 41.4 Å². The van der Waals surface area contributed by atoms with Gasteiger partial charge < -0.3 is 10.0 Å². The molecule has 0 radical (unpaired) electrons. The van der Waals surface area contributed by atoms with Crippen molar-refractivity contribution in [1.82, 2.24) is 0 Å². The molecule has 1 aliphatic heterocycles. The predicted molar refractivity (Wildman–Crippen MR) is 94.9 cm³/mol. The van der Waals surface area contributed by atoms with Crippen molar-refractivity contribution < 1.29 is 10.0 Å². The second-order valence-electron chi connectivity index (χ2n) is 5.56. The van der Waals surface area contributed by atoms with Crippen LogP contribution in [-0.4, -0.2) is 29.3 Å². The van der Waals surface area contributed by atoms with Crippen molar-refractivity contribution in [2.24, 2.45) is 4.99 Å². The Labute approximate surface area is 144 Å². The highest BCUT2D eigenvalue weighted by molar-refractivity contribution is 6.31. The number of rotatable bonds is 4. The Morgan fingerprint density at radius 1 is 1.25 bits per heavy atom. The first-order valence-corrected chi connectivity index (χ1v) is 7.99. The highest BCUT2D eigenvalue weighted by Gasteiger charge is 2.18. The van der Waals surface area contributed by atoms with Crippen molar-refractivity contribution >= 4 is 34.9 Å². The smallest absolute Gasteiger partial charge is 0.312 e. The number of aliphatic imine (C=N–C) groups is 1. The molecule has 24 heavy (non-hydrogen) atoms. The first-order valence-electron chi connectivity index (χ1n) is 7.61. The van der Waals surface area contributed by atoms with E-state index in [1.807, 2.05) is 24.3 Å². The molecule has 0 atom stereocenters. The average molecular weight is 346 g/mol. The maximum absolute atomic E-state index is 11.0. The summed E-state index contributed by atoms with van der Waals surface area (Å²) in [5.74, 6) is -0.438. The normalized spacial score (nSPS) is 14.5. The van der Waals surface area contributed by atoms with Crippen molar-refractivity contribution in [1.29, 1.82) is 0 Å². The van der Waals surface area contributed by atoms with Gasteiger partial charge in [-0.05, 0) is 31.0 Å². The molecule has 0 saturated carbocycles. The Morgan fingerprint density at radius 3 is 2.67 bits per heavy atom. The zero-order valence-electron chi connectivity index (χ0n) is 12.9. The molecule has 1 saturated heterocycles. The van der Waals surface area contributed by atoms with E-state index in [-0.39, 0.29) is 10.6 Å². The number of aromatic hydroxyl groups is 1. The Bertz CT molecular complexity index is 802. The molecule has 1 heterocycles. The number of phenolic OH excluding ortho intramolecular Hbond substituents is 1. The van der Waals surface area contributed by atoms with E-state index in [0.717, 1.165) is 43.4 Å². The van der Waals surface area contributed by atoms with Crippen LogP contribution in [0.4, 0.5) is 17.1 Å². The third-order valence-corrected chi connectivity index (χ3v) is 4.17. The topological polar surface area (TPSA) is 79.0 Å². The lowest BCUT2D eigenvalue weighted by Crippen LogP contribution is -2.17. The molecule has 124 valence electrons. The van der Waals surface area contributed by atoms with Crippen LogP contribution in [0.2, 0.25) is 5.02 Å². The fourth-order valence-electron chi connectivity index (χ4n) is 2.78. The minimum absolute atomic E-state index is 0.175. The summed E-state index contributed by atoms with van der Waals surface area (Å²) >= 11 is 5.90. The van der Waals surface area contributed by atoms with Gasteiger partial charge in [0.2, 0.25) is 5.75 Å². The monoisotopic (exact) mass is 345 g/mol. The van der Waals surface area contributed by atoms with Crippen molar-refractivity contribution in [3.8, 4) is 5.75 Å². The van der Waals surface area contributed by atoms with Crippen LogP contribution >= 0.6 is 11.6 Å². The number of nitro benzene ring substituents is 1. The van der Waals surface area contributed by atoms with E-state index in [2.05, 4.69) is 9.89 Å². The zero-order valence-corrected chi connectivity index (χ0v) is 13.6. The van der Waals surface area contributed by atoms with E-state index < -0.39 is 16.4 Å². The number of anilines is 1. The van der Waals surface area contributed by atoms with E-state index in [1.54, 1.807) is 0 Å². The van der Waals surface area contributed by atoms with Gasteiger partial charge in [0.15, 0.2) is 0 Å².